The van der Waals surface area contributed by atoms with Gasteiger partial charge in [-0.05, 0) is 30.3 Å². The van der Waals surface area contributed by atoms with E-state index in [1.165, 1.54) is 11.3 Å². The van der Waals surface area contributed by atoms with E-state index in [1.807, 2.05) is 54.7 Å². The van der Waals surface area contributed by atoms with Gasteiger partial charge in [-0.15, -0.1) is 0 Å². The standard InChI is InChI=1S/C26H20N4O2S/c31-24(19-7-2-1-3-8-19)20-11-13-21(14-12-20)25(32)30(18-17-29-16-6-15-27-29)26-28-22-9-4-5-10-23(22)33-26/h1-16H,17-18H2. The number of aromatic nitrogens is 3. The maximum atomic E-state index is 13.5. The third kappa shape index (κ3) is 4.44. The highest BCUT2D eigenvalue weighted by molar-refractivity contribution is 7.22. The molecule has 5 aromatic rings. The van der Waals surface area contributed by atoms with Crippen LogP contribution in [-0.4, -0.2) is 33.0 Å². The van der Waals surface area contributed by atoms with Crippen LogP contribution in [0.1, 0.15) is 26.3 Å². The van der Waals surface area contributed by atoms with E-state index in [0.717, 1.165) is 10.2 Å². The summed E-state index contributed by atoms with van der Waals surface area (Å²) in [5.74, 6) is -0.240. The molecule has 0 fully saturated rings. The van der Waals surface area contributed by atoms with Crippen molar-refractivity contribution in [1.29, 1.82) is 0 Å². The summed E-state index contributed by atoms with van der Waals surface area (Å²) in [6, 6.07) is 25.6. The number of benzene rings is 3. The Kier molecular flexibility index (Phi) is 5.78. The Balaban J connectivity index is 1.42. The molecule has 7 heteroatoms. The summed E-state index contributed by atoms with van der Waals surface area (Å²) >= 11 is 1.48. The molecular formula is C26H20N4O2S. The Morgan fingerprint density at radius 1 is 0.818 bits per heavy atom. The van der Waals surface area contributed by atoms with Crippen LogP contribution in [0.5, 0.6) is 0 Å². The molecule has 0 unspecified atom stereocenters. The van der Waals surface area contributed by atoms with E-state index >= 15 is 0 Å². The molecular weight excluding hydrogens is 432 g/mol. The van der Waals surface area contributed by atoms with Crippen molar-refractivity contribution in [2.45, 2.75) is 6.54 Å². The third-order valence-electron chi connectivity index (χ3n) is 5.30. The van der Waals surface area contributed by atoms with Gasteiger partial charge in [0.05, 0.1) is 16.8 Å². The molecule has 0 radical (unpaired) electrons. The van der Waals surface area contributed by atoms with Crippen LogP contribution in [0.2, 0.25) is 0 Å². The summed E-state index contributed by atoms with van der Waals surface area (Å²) in [6.07, 6.45) is 3.58. The Morgan fingerprint density at radius 2 is 1.52 bits per heavy atom. The molecule has 0 aliphatic heterocycles. The molecule has 2 aromatic heterocycles. The fourth-order valence-electron chi connectivity index (χ4n) is 3.57. The first kappa shape index (κ1) is 20.8. The number of ketones is 1. The number of nitrogens with zero attached hydrogens (tertiary/aromatic N) is 4. The van der Waals surface area contributed by atoms with Crippen molar-refractivity contribution >= 4 is 38.4 Å². The predicted octanol–water partition coefficient (Wildman–Crippen LogP) is 5.07. The first-order valence-electron chi connectivity index (χ1n) is 10.5. The lowest BCUT2D eigenvalue weighted by molar-refractivity contribution is 0.0983. The maximum Gasteiger partial charge on any atom is 0.260 e. The van der Waals surface area contributed by atoms with Gasteiger partial charge >= 0.3 is 0 Å². The normalized spacial score (nSPS) is 10.9. The van der Waals surface area contributed by atoms with Crippen LogP contribution >= 0.6 is 11.3 Å². The first-order chi connectivity index (χ1) is 16.2. The minimum absolute atomic E-state index is 0.0729. The molecule has 3 aromatic carbocycles. The Labute approximate surface area is 194 Å². The fraction of sp³-hybridized carbons (Fsp3) is 0.0769. The molecule has 0 bridgehead atoms. The van der Waals surface area contributed by atoms with Gasteiger partial charge in [-0.1, -0.05) is 65.9 Å². The molecule has 33 heavy (non-hydrogen) atoms. The first-order valence-corrected chi connectivity index (χ1v) is 11.4. The van der Waals surface area contributed by atoms with E-state index in [2.05, 4.69) is 10.1 Å². The Morgan fingerprint density at radius 3 is 2.24 bits per heavy atom. The lowest BCUT2D eigenvalue weighted by Crippen LogP contribution is -2.34. The Hall–Kier alpha value is -4.10. The summed E-state index contributed by atoms with van der Waals surface area (Å²) in [5, 5.41) is 4.88. The van der Waals surface area contributed by atoms with Gasteiger partial charge < -0.3 is 0 Å². The van der Waals surface area contributed by atoms with Gasteiger partial charge in [-0.3, -0.25) is 19.2 Å². The highest BCUT2D eigenvalue weighted by Gasteiger charge is 2.22. The van der Waals surface area contributed by atoms with Crippen molar-refractivity contribution in [2.75, 3.05) is 11.4 Å². The fourth-order valence-corrected chi connectivity index (χ4v) is 4.56. The second kappa shape index (κ2) is 9.18. The van der Waals surface area contributed by atoms with Gasteiger partial charge in [0, 0.05) is 35.6 Å². The smallest absolute Gasteiger partial charge is 0.260 e. The maximum absolute atomic E-state index is 13.5. The van der Waals surface area contributed by atoms with Gasteiger partial charge in [-0.25, -0.2) is 4.98 Å². The topological polar surface area (TPSA) is 68.1 Å². The number of fused-ring (bicyclic) bond motifs is 1. The van der Waals surface area contributed by atoms with Gasteiger partial charge in [0.2, 0.25) is 0 Å². The molecule has 1 amide bonds. The van der Waals surface area contributed by atoms with Gasteiger partial charge in [0.1, 0.15) is 0 Å². The number of hydrogen-bond donors (Lipinski definition) is 0. The van der Waals surface area contributed by atoms with Crippen LogP contribution in [0.3, 0.4) is 0 Å². The van der Waals surface area contributed by atoms with Gasteiger partial charge in [0.25, 0.3) is 5.91 Å². The van der Waals surface area contributed by atoms with Gasteiger partial charge in [0.15, 0.2) is 10.9 Å². The van der Waals surface area contributed by atoms with Crippen molar-refractivity contribution < 1.29 is 9.59 Å². The number of hydrogen-bond acceptors (Lipinski definition) is 5. The quantitative estimate of drug-likeness (QED) is 0.323. The average molecular weight is 453 g/mol. The molecule has 162 valence electrons. The number of carbonyl (C=O) groups excluding carboxylic acids is 2. The third-order valence-corrected chi connectivity index (χ3v) is 6.36. The van der Waals surface area contributed by atoms with E-state index in [4.69, 9.17) is 0 Å². The largest absolute Gasteiger partial charge is 0.289 e. The number of rotatable bonds is 7. The molecule has 0 aliphatic carbocycles. The molecule has 5 rings (SSSR count). The summed E-state index contributed by atoms with van der Waals surface area (Å²) < 4.78 is 2.81. The number of para-hydroxylation sites is 1. The summed E-state index contributed by atoms with van der Waals surface area (Å²) in [6.45, 7) is 0.963. The summed E-state index contributed by atoms with van der Waals surface area (Å²) in [5.41, 5.74) is 2.52. The van der Waals surface area contributed by atoms with Crippen LogP contribution in [0.25, 0.3) is 10.2 Å². The minimum atomic E-state index is -0.167. The molecule has 0 N–H and O–H groups in total. The van der Waals surface area contributed by atoms with E-state index in [1.54, 1.807) is 52.2 Å². The van der Waals surface area contributed by atoms with E-state index in [0.29, 0.717) is 34.9 Å². The zero-order valence-corrected chi connectivity index (χ0v) is 18.5. The number of amides is 1. The highest BCUT2D eigenvalue weighted by atomic mass is 32.1. The zero-order chi connectivity index (χ0) is 22.6. The number of carbonyl (C=O) groups is 2. The second-order valence-electron chi connectivity index (χ2n) is 7.46. The molecule has 0 saturated carbocycles. The van der Waals surface area contributed by atoms with Crippen molar-refractivity contribution in [3.8, 4) is 0 Å². The lowest BCUT2D eigenvalue weighted by atomic mass is 10.0. The number of thiazole rings is 1. The molecule has 0 aliphatic rings. The second-order valence-corrected chi connectivity index (χ2v) is 8.47. The van der Waals surface area contributed by atoms with Crippen molar-refractivity contribution in [1.82, 2.24) is 14.8 Å². The SMILES string of the molecule is O=C(c1ccccc1)c1ccc(C(=O)N(CCn2cccn2)c2nc3ccccc3s2)cc1. The van der Waals surface area contributed by atoms with Crippen LogP contribution in [-0.2, 0) is 6.54 Å². The van der Waals surface area contributed by atoms with Crippen LogP contribution in [0, 0.1) is 0 Å². The summed E-state index contributed by atoms with van der Waals surface area (Å²) in [4.78, 5) is 32.6. The molecule has 6 nitrogen and oxygen atoms in total. The van der Waals surface area contributed by atoms with E-state index < -0.39 is 0 Å². The minimum Gasteiger partial charge on any atom is -0.289 e. The van der Waals surface area contributed by atoms with E-state index in [-0.39, 0.29) is 11.7 Å². The van der Waals surface area contributed by atoms with Crippen molar-refractivity contribution in [3.05, 3.63) is 114 Å². The summed E-state index contributed by atoms with van der Waals surface area (Å²) in [7, 11) is 0. The van der Waals surface area contributed by atoms with Crippen LogP contribution in [0.15, 0.2) is 97.3 Å². The molecule has 0 spiro atoms. The lowest BCUT2D eigenvalue weighted by Gasteiger charge is -2.20. The van der Waals surface area contributed by atoms with Crippen LogP contribution in [0.4, 0.5) is 5.13 Å². The predicted molar refractivity (Wildman–Crippen MR) is 130 cm³/mol. The van der Waals surface area contributed by atoms with Crippen molar-refractivity contribution in [2.24, 2.45) is 0 Å². The van der Waals surface area contributed by atoms with Gasteiger partial charge in [-0.2, -0.15) is 5.10 Å². The molecule has 0 atom stereocenters. The molecule has 0 saturated heterocycles. The Bertz CT molecular complexity index is 1360. The number of anilines is 1. The highest BCUT2D eigenvalue weighted by Crippen LogP contribution is 2.29. The zero-order valence-electron chi connectivity index (χ0n) is 17.7. The van der Waals surface area contributed by atoms with E-state index in [9.17, 15) is 9.59 Å². The van der Waals surface area contributed by atoms with Crippen LogP contribution < -0.4 is 4.90 Å². The monoisotopic (exact) mass is 452 g/mol. The van der Waals surface area contributed by atoms with Crippen molar-refractivity contribution in [3.63, 3.8) is 0 Å². The average Bonchev–Trinajstić information content (AvgIpc) is 3.54. The molecule has 2 heterocycles.